The van der Waals surface area contributed by atoms with Gasteiger partial charge in [-0.05, 0) is 62.1 Å². The molecule has 0 radical (unpaired) electrons. The van der Waals surface area contributed by atoms with E-state index in [-0.39, 0.29) is 24.3 Å². The molecule has 1 aliphatic carbocycles. The van der Waals surface area contributed by atoms with Crippen molar-refractivity contribution in [3.63, 3.8) is 0 Å². The van der Waals surface area contributed by atoms with Gasteiger partial charge in [-0.2, -0.15) is 0 Å². The molecule has 2 aliphatic rings. The molecule has 1 saturated carbocycles. The lowest BCUT2D eigenvalue weighted by Crippen LogP contribution is -2.46. The third-order valence-corrected chi connectivity index (χ3v) is 5.78. The molecule has 0 bridgehead atoms. The summed E-state index contributed by atoms with van der Waals surface area (Å²) in [6.45, 7) is 1.33. The van der Waals surface area contributed by atoms with Crippen LogP contribution < -0.4 is 20.7 Å². The predicted molar refractivity (Wildman–Crippen MR) is 117 cm³/mol. The van der Waals surface area contributed by atoms with Crippen molar-refractivity contribution in [3.05, 3.63) is 54.1 Å². The van der Waals surface area contributed by atoms with E-state index in [9.17, 15) is 19.2 Å². The van der Waals surface area contributed by atoms with Crippen LogP contribution in [-0.4, -0.2) is 47.8 Å². The van der Waals surface area contributed by atoms with Crippen LogP contribution in [0.4, 0.5) is 16.2 Å². The van der Waals surface area contributed by atoms with Crippen molar-refractivity contribution in [1.29, 1.82) is 0 Å². The Balaban J connectivity index is 1.35. The first kappa shape index (κ1) is 21.4. The topological polar surface area (TPSA) is 117 Å². The lowest BCUT2D eigenvalue weighted by molar-refractivity contribution is -0.134. The largest absolute Gasteiger partial charge is 0.495 e. The molecule has 9 heteroatoms. The molecule has 1 aliphatic heterocycles. The van der Waals surface area contributed by atoms with Gasteiger partial charge in [0, 0.05) is 11.3 Å². The van der Waals surface area contributed by atoms with Crippen LogP contribution in [-0.2, 0) is 9.59 Å². The normalized spacial score (nSPS) is 20.0. The SMILES string of the molecule is COc1ccccc1NC(=O)c1ccc(NC(=O)CN2C(=O)N[C@@](C)(C3CC3)C2=O)cc1. The van der Waals surface area contributed by atoms with Crippen LogP contribution in [0.3, 0.4) is 0 Å². The number of carbonyl (C=O) groups excluding carboxylic acids is 4. The van der Waals surface area contributed by atoms with Crippen LogP contribution in [0.25, 0.3) is 0 Å². The van der Waals surface area contributed by atoms with Crippen molar-refractivity contribution >= 4 is 35.1 Å². The fourth-order valence-electron chi connectivity index (χ4n) is 3.79. The van der Waals surface area contributed by atoms with Gasteiger partial charge < -0.3 is 20.7 Å². The monoisotopic (exact) mass is 436 g/mol. The van der Waals surface area contributed by atoms with Gasteiger partial charge in [0.05, 0.1) is 12.8 Å². The quantitative estimate of drug-likeness (QED) is 0.577. The fourth-order valence-corrected chi connectivity index (χ4v) is 3.79. The summed E-state index contributed by atoms with van der Waals surface area (Å²) in [5, 5.41) is 8.14. The smallest absolute Gasteiger partial charge is 0.325 e. The number of hydrogen-bond donors (Lipinski definition) is 3. The maximum Gasteiger partial charge on any atom is 0.325 e. The number of hydrogen-bond acceptors (Lipinski definition) is 5. The van der Waals surface area contributed by atoms with E-state index in [1.807, 2.05) is 0 Å². The minimum Gasteiger partial charge on any atom is -0.495 e. The van der Waals surface area contributed by atoms with E-state index >= 15 is 0 Å². The zero-order valence-corrected chi connectivity index (χ0v) is 17.8. The number of amides is 5. The Labute approximate surface area is 185 Å². The molecule has 2 aromatic carbocycles. The van der Waals surface area contributed by atoms with Crippen LogP contribution >= 0.6 is 0 Å². The zero-order valence-electron chi connectivity index (χ0n) is 17.8. The summed E-state index contributed by atoms with van der Waals surface area (Å²) in [7, 11) is 1.52. The number of nitrogens with zero attached hydrogens (tertiary/aromatic N) is 1. The molecule has 0 aromatic heterocycles. The summed E-state index contributed by atoms with van der Waals surface area (Å²) in [4.78, 5) is 50.7. The molecule has 3 N–H and O–H groups in total. The van der Waals surface area contributed by atoms with Gasteiger partial charge >= 0.3 is 6.03 Å². The molecule has 5 amide bonds. The first-order valence-electron chi connectivity index (χ1n) is 10.3. The highest BCUT2D eigenvalue weighted by molar-refractivity contribution is 6.10. The molecule has 1 heterocycles. The van der Waals surface area contributed by atoms with Gasteiger partial charge in [0.1, 0.15) is 17.8 Å². The highest BCUT2D eigenvalue weighted by Gasteiger charge is 2.56. The average molecular weight is 436 g/mol. The molecule has 1 atom stereocenters. The lowest BCUT2D eigenvalue weighted by atomic mass is 9.96. The number of urea groups is 1. The standard InChI is InChI=1S/C23H24N4O5/c1-23(15-9-10-15)21(30)27(22(31)26-23)13-19(28)24-16-11-7-14(8-12-16)20(29)25-17-5-3-4-6-18(17)32-2/h3-8,11-12,15H,9-10,13H2,1-2H3,(H,24,28)(H,25,29)(H,26,31)/t23-/m0/s1. The predicted octanol–water partition coefficient (Wildman–Crippen LogP) is 2.61. The Hall–Kier alpha value is -3.88. The molecule has 2 aromatic rings. The van der Waals surface area contributed by atoms with Crippen LogP contribution in [0.2, 0.25) is 0 Å². The van der Waals surface area contributed by atoms with Gasteiger partial charge in [0.2, 0.25) is 5.91 Å². The Bertz CT molecular complexity index is 1080. The van der Waals surface area contributed by atoms with E-state index in [0.29, 0.717) is 22.7 Å². The molecule has 0 spiro atoms. The average Bonchev–Trinajstić information content (AvgIpc) is 3.61. The van der Waals surface area contributed by atoms with Gasteiger partial charge in [-0.25, -0.2) is 4.79 Å². The molecule has 2 fully saturated rings. The third-order valence-electron chi connectivity index (χ3n) is 5.78. The summed E-state index contributed by atoms with van der Waals surface area (Å²) in [6, 6.07) is 12.8. The molecule has 166 valence electrons. The second-order valence-electron chi connectivity index (χ2n) is 8.08. The summed E-state index contributed by atoms with van der Waals surface area (Å²) >= 11 is 0. The van der Waals surface area contributed by atoms with Gasteiger partial charge in [0.15, 0.2) is 0 Å². The Morgan fingerprint density at radius 2 is 1.78 bits per heavy atom. The van der Waals surface area contributed by atoms with Crippen LogP contribution in [0.15, 0.2) is 48.5 Å². The second-order valence-corrected chi connectivity index (χ2v) is 8.08. The highest BCUT2D eigenvalue weighted by atomic mass is 16.5. The first-order valence-corrected chi connectivity index (χ1v) is 10.3. The highest BCUT2D eigenvalue weighted by Crippen LogP contribution is 2.42. The molecular formula is C23H24N4O5. The maximum absolute atomic E-state index is 12.6. The van der Waals surface area contributed by atoms with Gasteiger partial charge in [-0.15, -0.1) is 0 Å². The van der Waals surface area contributed by atoms with Crippen molar-refractivity contribution in [2.24, 2.45) is 5.92 Å². The molecular weight excluding hydrogens is 412 g/mol. The zero-order chi connectivity index (χ0) is 22.9. The van der Waals surface area contributed by atoms with Gasteiger partial charge in [-0.3, -0.25) is 19.3 Å². The molecule has 0 unspecified atom stereocenters. The molecule has 32 heavy (non-hydrogen) atoms. The van der Waals surface area contributed by atoms with E-state index < -0.39 is 17.5 Å². The van der Waals surface area contributed by atoms with Crippen molar-refractivity contribution in [2.45, 2.75) is 25.3 Å². The number of methoxy groups -OCH3 is 1. The van der Waals surface area contributed by atoms with Gasteiger partial charge in [-0.1, -0.05) is 12.1 Å². The number of para-hydroxylation sites is 2. The fraction of sp³-hybridized carbons (Fsp3) is 0.304. The van der Waals surface area contributed by atoms with Crippen molar-refractivity contribution in [3.8, 4) is 5.75 Å². The Morgan fingerprint density at radius 1 is 1.09 bits per heavy atom. The lowest BCUT2D eigenvalue weighted by Gasteiger charge is -2.20. The minimum atomic E-state index is -0.923. The van der Waals surface area contributed by atoms with Crippen LogP contribution in [0.5, 0.6) is 5.75 Å². The van der Waals surface area contributed by atoms with E-state index in [2.05, 4.69) is 16.0 Å². The Morgan fingerprint density at radius 3 is 2.44 bits per heavy atom. The summed E-state index contributed by atoms with van der Waals surface area (Å²) in [5.41, 5.74) is 0.460. The summed E-state index contributed by atoms with van der Waals surface area (Å²) in [6.07, 6.45) is 1.78. The van der Waals surface area contributed by atoms with E-state index in [1.54, 1.807) is 55.5 Å². The van der Waals surface area contributed by atoms with Crippen LogP contribution in [0, 0.1) is 5.92 Å². The summed E-state index contributed by atoms with van der Waals surface area (Å²) < 4.78 is 5.23. The second kappa shape index (κ2) is 8.33. The third kappa shape index (κ3) is 4.14. The molecule has 9 nitrogen and oxygen atoms in total. The van der Waals surface area contributed by atoms with E-state index in [4.69, 9.17) is 4.74 Å². The number of imide groups is 1. The maximum atomic E-state index is 12.6. The summed E-state index contributed by atoms with van der Waals surface area (Å²) in [5.74, 6) is -0.529. The number of rotatable bonds is 7. The van der Waals surface area contributed by atoms with Gasteiger partial charge in [0.25, 0.3) is 11.8 Å². The van der Waals surface area contributed by atoms with Crippen molar-refractivity contribution in [2.75, 3.05) is 24.3 Å². The Kier molecular flexibility index (Phi) is 5.56. The molecule has 1 saturated heterocycles. The number of ether oxygens (including phenoxy) is 1. The molecule has 4 rings (SSSR count). The first-order chi connectivity index (χ1) is 15.3. The number of nitrogens with one attached hydrogen (secondary N) is 3. The minimum absolute atomic E-state index is 0.126. The number of carbonyl (C=O) groups is 4. The number of benzene rings is 2. The van der Waals surface area contributed by atoms with E-state index in [1.165, 1.54) is 7.11 Å². The van der Waals surface area contributed by atoms with Crippen LogP contribution in [0.1, 0.15) is 30.1 Å². The van der Waals surface area contributed by atoms with Crippen molar-refractivity contribution in [1.82, 2.24) is 10.2 Å². The van der Waals surface area contributed by atoms with Crippen molar-refractivity contribution < 1.29 is 23.9 Å². The number of anilines is 2. The van der Waals surface area contributed by atoms with E-state index in [0.717, 1.165) is 17.7 Å².